The molecule has 2 heterocycles. The summed E-state index contributed by atoms with van der Waals surface area (Å²) in [4.78, 5) is 43.6. The van der Waals surface area contributed by atoms with Crippen molar-refractivity contribution < 1.29 is 28.2 Å². The number of piperidine rings is 1. The Morgan fingerprint density at radius 2 is 1.67 bits per heavy atom. The number of hydrogen-bond acceptors (Lipinski definition) is 5. The van der Waals surface area contributed by atoms with Gasteiger partial charge in [0.05, 0.1) is 13.7 Å². The van der Waals surface area contributed by atoms with Crippen molar-refractivity contribution in [3.8, 4) is 5.75 Å². The number of methoxy groups -OCH3 is 1. The fourth-order valence-electron chi connectivity index (χ4n) is 5.20. The van der Waals surface area contributed by atoms with Crippen LogP contribution < -0.4 is 10.1 Å². The molecular weight excluding hydrogens is 501 g/mol. The third-order valence-electron chi connectivity index (χ3n) is 7.33. The molecule has 9 heteroatoms. The van der Waals surface area contributed by atoms with Crippen LogP contribution in [0.2, 0.25) is 0 Å². The number of likely N-dealkylation sites (tertiary alicyclic amines) is 1. The first kappa shape index (κ1) is 26.4. The average molecular weight is 532 g/mol. The van der Waals surface area contributed by atoms with E-state index in [-0.39, 0.29) is 24.3 Å². The number of amides is 3. The van der Waals surface area contributed by atoms with Crippen LogP contribution in [0.5, 0.6) is 5.75 Å². The second kappa shape index (κ2) is 11.2. The normalized spacial score (nSPS) is 18.2. The Hall–Kier alpha value is -4.24. The highest BCUT2D eigenvalue weighted by Crippen LogP contribution is 2.39. The quantitative estimate of drug-likeness (QED) is 0.525. The van der Waals surface area contributed by atoms with E-state index in [0.29, 0.717) is 49.4 Å². The van der Waals surface area contributed by atoms with E-state index in [2.05, 4.69) is 5.32 Å². The smallest absolute Gasteiger partial charge is 0.257 e. The lowest BCUT2D eigenvalue weighted by Crippen LogP contribution is -2.59. The lowest BCUT2D eigenvalue weighted by atomic mass is 9.96. The molecule has 0 bridgehead atoms. The minimum atomic E-state index is -1.05. The number of hydrogen-bond donors (Lipinski definition) is 1. The molecule has 5 rings (SSSR count). The number of carbonyl (C=O) groups is 3. The van der Waals surface area contributed by atoms with E-state index in [4.69, 9.17) is 9.47 Å². The fraction of sp³-hybridized carbons (Fsp3) is 0.300. The van der Waals surface area contributed by atoms with Gasteiger partial charge in [0.2, 0.25) is 5.91 Å². The Morgan fingerprint density at radius 1 is 0.949 bits per heavy atom. The van der Waals surface area contributed by atoms with Gasteiger partial charge in [0.1, 0.15) is 23.3 Å². The maximum Gasteiger partial charge on any atom is 0.257 e. The molecule has 0 aliphatic carbocycles. The molecule has 0 unspecified atom stereocenters. The molecule has 1 atom stereocenters. The molecule has 0 aromatic heterocycles. The number of benzene rings is 3. The van der Waals surface area contributed by atoms with E-state index >= 15 is 0 Å². The van der Waals surface area contributed by atoms with Gasteiger partial charge < -0.3 is 19.7 Å². The molecule has 2 aliphatic rings. The van der Waals surface area contributed by atoms with Crippen LogP contribution in [0.1, 0.15) is 39.1 Å². The number of nitrogens with one attached hydrogen (secondary N) is 1. The van der Waals surface area contributed by atoms with Crippen molar-refractivity contribution in [3.05, 3.63) is 101 Å². The third kappa shape index (κ3) is 5.49. The fourth-order valence-corrected chi connectivity index (χ4v) is 5.20. The van der Waals surface area contributed by atoms with Crippen molar-refractivity contribution in [2.24, 2.45) is 0 Å². The van der Waals surface area contributed by atoms with E-state index in [9.17, 15) is 18.8 Å². The molecule has 8 nitrogen and oxygen atoms in total. The molecule has 202 valence electrons. The van der Waals surface area contributed by atoms with Crippen LogP contribution >= 0.6 is 0 Å². The van der Waals surface area contributed by atoms with Gasteiger partial charge in [0, 0.05) is 43.6 Å². The lowest BCUT2D eigenvalue weighted by Gasteiger charge is -2.44. The van der Waals surface area contributed by atoms with Gasteiger partial charge >= 0.3 is 0 Å². The molecule has 39 heavy (non-hydrogen) atoms. The number of carbonyl (C=O) groups excluding carboxylic acids is 3. The lowest BCUT2D eigenvalue weighted by molar-refractivity contribution is -0.128. The molecule has 2 aliphatic heterocycles. The summed E-state index contributed by atoms with van der Waals surface area (Å²) in [5.74, 6) is -0.751. The van der Waals surface area contributed by atoms with Crippen LogP contribution in [0.4, 0.5) is 4.39 Å². The average Bonchev–Trinajstić information content (AvgIpc) is 3.34. The Kier molecular flexibility index (Phi) is 7.60. The molecule has 0 radical (unpaired) electrons. The molecule has 2 fully saturated rings. The first-order valence-corrected chi connectivity index (χ1v) is 12.9. The Bertz CT molecular complexity index is 1340. The molecule has 3 aromatic carbocycles. The van der Waals surface area contributed by atoms with Gasteiger partial charge in [0.25, 0.3) is 11.8 Å². The number of rotatable bonds is 6. The van der Waals surface area contributed by atoms with E-state index in [1.165, 1.54) is 31.4 Å². The zero-order chi connectivity index (χ0) is 27.4. The number of halogens is 1. The molecule has 1 N–H and O–H groups in total. The highest BCUT2D eigenvalue weighted by atomic mass is 19.1. The SMILES string of the molecule is COc1cccc(C(=O)N2[C@H](C(=O)NCc3ccccc3)COC23CCN(C(=O)c2ccc(F)cc2)CC3)c1. The van der Waals surface area contributed by atoms with Crippen LogP contribution in [0.25, 0.3) is 0 Å². The summed E-state index contributed by atoms with van der Waals surface area (Å²) in [6.45, 7) is 0.999. The predicted molar refractivity (Wildman–Crippen MR) is 141 cm³/mol. The molecule has 3 aromatic rings. The first-order valence-electron chi connectivity index (χ1n) is 12.9. The number of ether oxygens (including phenoxy) is 2. The highest BCUT2D eigenvalue weighted by Gasteiger charge is 2.54. The minimum Gasteiger partial charge on any atom is -0.497 e. The summed E-state index contributed by atoms with van der Waals surface area (Å²) in [5, 5.41) is 2.94. The van der Waals surface area contributed by atoms with Crippen molar-refractivity contribution in [2.45, 2.75) is 31.2 Å². The third-order valence-corrected chi connectivity index (χ3v) is 7.33. The van der Waals surface area contributed by atoms with Crippen molar-refractivity contribution in [1.82, 2.24) is 15.1 Å². The van der Waals surface area contributed by atoms with Gasteiger partial charge in [-0.05, 0) is 48.0 Å². The standard InChI is InChI=1S/C30H30FN3O5/c1-38-25-9-5-8-23(18-25)29(37)34-26(27(35)32-19-21-6-3-2-4-7-21)20-39-30(34)14-16-33(17-15-30)28(36)22-10-12-24(31)13-11-22/h2-13,18,26H,14-17,19-20H2,1H3,(H,32,35)/t26-/m0/s1. The van der Waals surface area contributed by atoms with Crippen LogP contribution in [0, 0.1) is 5.82 Å². The summed E-state index contributed by atoms with van der Waals surface area (Å²) in [5.41, 5.74) is 0.666. The molecule has 1 spiro atoms. The summed E-state index contributed by atoms with van der Waals surface area (Å²) < 4.78 is 24.9. The van der Waals surface area contributed by atoms with Crippen LogP contribution in [-0.2, 0) is 16.1 Å². The summed E-state index contributed by atoms with van der Waals surface area (Å²) >= 11 is 0. The van der Waals surface area contributed by atoms with Gasteiger partial charge in [-0.2, -0.15) is 0 Å². The van der Waals surface area contributed by atoms with Gasteiger partial charge in [-0.15, -0.1) is 0 Å². The van der Waals surface area contributed by atoms with Crippen LogP contribution in [0.15, 0.2) is 78.9 Å². The first-order chi connectivity index (χ1) is 18.9. The van der Waals surface area contributed by atoms with Gasteiger partial charge in [0.15, 0.2) is 0 Å². The van der Waals surface area contributed by atoms with Crippen molar-refractivity contribution >= 4 is 17.7 Å². The minimum absolute atomic E-state index is 0.0439. The summed E-state index contributed by atoms with van der Waals surface area (Å²) in [7, 11) is 1.53. The Labute approximate surface area is 226 Å². The monoisotopic (exact) mass is 531 g/mol. The largest absolute Gasteiger partial charge is 0.497 e. The molecule has 3 amide bonds. The second-order valence-electron chi connectivity index (χ2n) is 9.68. The van der Waals surface area contributed by atoms with Gasteiger partial charge in [-0.3, -0.25) is 19.3 Å². The Morgan fingerprint density at radius 3 is 2.36 bits per heavy atom. The van der Waals surface area contributed by atoms with Gasteiger partial charge in [-0.25, -0.2) is 4.39 Å². The van der Waals surface area contributed by atoms with Crippen molar-refractivity contribution in [3.63, 3.8) is 0 Å². The maximum atomic E-state index is 13.9. The molecule has 0 saturated carbocycles. The van der Waals surface area contributed by atoms with E-state index in [1.54, 1.807) is 34.1 Å². The number of nitrogens with zero attached hydrogens (tertiary/aromatic N) is 2. The highest BCUT2D eigenvalue weighted by molar-refractivity contribution is 5.99. The van der Waals surface area contributed by atoms with E-state index in [0.717, 1.165) is 5.56 Å². The zero-order valence-electron chi connectivity index (χ0n) is 21.6. The molecule has 2 saturated heterocycles. The summed E-state index contributed by atoms with van der Waals surface area (Å²) in [6.07, 6.45) is 0.663. The van der Waals surface area contributed by atoms with E-state index in [1.807, 2.05) is 30.3 Å². The Balaban J connectivity index is 1.37. The zero-order valence-corrected chi connectivity index (χ0v) is 21.6. The second-order valence-corrected chi connectivity index (χ2v) is 9.68. The van der Waals surface area contributed by atoms with Crippen LogP contribution in [-0.4, -0.2) is 66.1 Å². The van der Waals surface area contributed by atoms with Crippen molar-refractivity contribution in [2.75, 3.05) is 26.8 Å². The molecular formula is C30H30FN3O5. The van der Waals surface area contributed by atoms with Crippen molar-refractivity contribution in [1.29, 1.82) is 0 Å². The van der Waals surface area contributed by atoms with E-state index < -0.39 is 17.6 Å². The maximum absolute atomic E-state index is 13.9. The van der Waals surface area contributed by atoms with Crippen LogP contribution in [0.3, 0.4) is 0 Å². The predicted octanol–water partition coefficient (Wildman–Crippen LogP) is 3.62. The summed E-state index contributed by atoms with van der Waals surface area (Å²) in [6, 6.07) is 20.9. The topological polar surface area (TPSA) is 88.2 Å². The van der Waals surface area contributed by atoms with Gasteiger partial charge in [-0.1, -0.05) is 36.4 Å².